The van der Waals surface area contributed by atoms with Gasteiger partial charge < -0.3 is 9.88 Å². The molecule has 2 aromatic carbocycles. The Morgan fingerprint density at radius 1 is 1.24 bits per heavy atom. The van der Waals surface area contributed by atoms with Gasteiger partial charge in [0.15, 0.2) is 0 Å². The van der Waals surface area contributed by atoms with Gasteiger partial charge in [-0.15, -0.1) is 0 Å². The van der Waals surface area contributed by atoms with Crippen molar-refractivity contribution < 1.29 is 4.39 Å². The van der Waals surface area contributed by atoms with Gasteiger partial charge in [0.2, 0.25) is 0 Å². The predicted octanol–water partition coefficient (Wildman–Crippen LogP) is 4.92. The van der Waals surface area contributed by atoms with E-state index in [0.29, 0.717) is 22.8 Å². The number of amidine groups is 1. The molecule has 144 valence electrons. The second-order valence-electron chi connectivity index (χ2n) is 6.96. The Balaban J connectivity index is 1.47. The number of aromatic nitrogens is 2. The van der Waals surface area contributed by atoms with E-state index in [-0.39, 0.29) is 11.9 Å². The lowest BCUT2D eigenvalue weighted by Crippen LogP contribution is -2.28. The van der Waals surface area contributed by atoms with Gasteiger partial charge in [0.25, 0.3) is 0 Å². The third kappa shape index (κ3) is 3.94. The maximum absolute atomic E-state index is 14.2. The third-order valence-electron chi connectivity index (χ3n) is 5.15. The molecule has 2 heterocycles. The zero-order chi connectivity index (χ0) is 20.2. The summed E-state index contributed by atoms with van der Waals surface area (Å²) >= 11 is 0. The number of H-pyrrole nitrogens is 1. The monoisotopic (exact) mass is 385 g/mol. The van der Waals surface area contributed by atoms with Crippen molar-refractivity contribution in [1.82, 2.24) is 14.9 Å². The molecule has 0 amide bonds. The molecular formula is C23H20FN5. The maximum atomic E-state index is 14.2. The average molecular weight is 385 g/mol. The molecule has 0 spiro atoms. The van der Waals surface area contributed by atoms with E-state index in [1.54, 1.807) is 42.6 Å². The topological polar surface area (TPSA) is 79.6 Å². The van der Waals surface area contributed by atoms with Gasteiger partial charge in [-0.05, 0) is 48.8 Å². The van der Waals surface area contributed by atoms with Crippen LogP contribution in [0.1, 0.15) is 35.8 Å². The molecule has 1 fully saturated rings. The lowest BCUT2D eigenvalue weighted by atomic mass is 10.0. The van der Waals surface area contributed by atoms with Crippen molar-refractivity contribution in [2.45, 2.75) is 18.9 Å². The van der Waals surface area contributed by atoms with E-state index in [2.05, 4.69) is 16.0 Å². The zero-order valence-electron chi connectivity index (χ0n) is 15.8. The smallest absolute Gasteiger partial charge is 0.130 e. The molecule has 0 radical (unpaired) electrons. The molecule has 3 aromatic rings. The highest BCUT2D eigenvalue weighted by Crippen LogP contribution is 2.33. The van der Waals surface area contributed by atoms with Crippen LogP contribution < -0.4 is 0 Å². The molecule has 6 heteroatoms. The van der Waals surface area contributed by atoms with Crippen LogP contribution in [-0.2, 0) is 0 Å². The molecule has 5 nitrogen and oxygen atoms in total. The lowest BCUT2D eigenvalue weighted by molar-refractivity contribution is 0.387. The number of rotatable bonds is 4. The summed E-state index contributed by atoms with van der Waals surface area (Å²) in [6.45, 7) is 0.733. The van der Waals surface area contributed by atoms with E-state index >= 15 is 0 Å². The second-order valence-corrected chi connectivity index (χ2v) is 6.96. The van der Waals surface area contributed by atoms with Crippen LogP contribution in [-0.4, -0.2) is 27.2 Å². The lowest BCUT2D eigenvalue weighted by Gasteiger charge is -2.26. The van der Waals surface area contributed by atoms with Crippen molar-refractivity contribution in [3.05, 3.63) is 83.6 Å². The molecule has 1 aliphatic heterocycles. The Labute approximate surface area is 168 Å². The fourth-order valence-electron chi connectivity index (χ4n) is 3.67. The van der Waals surface area contributed by atoms with Gasteiger partial charge in [0.1, 0.15) is 17.5 Å². The van der Waals surface area contributed by atoms with Gasteiger partial charge in [-0.2, -0.15) is 5.26 Å². The van der Waals surface area contributed by atoms with Crippen LogP contribution in [0.4, 0.5) is 4.39 Å². The number of benzene rings is 2. The summed E-state index contributed by atoms with van der Waals surface area (Å²) in [5.74, 6) is 0.752. The summed E-state index contributed by atoms with van der Waals surface area (Å²) in [5.41, 5.74) is 3.03. The second kappa shape index (κ2) is 8.11. The van der Waals surface area contributed by atoms with Gasteiger partial charge in [-0.1, -0.05) is 30.3 Å². The zero-order valence-corrected chi connectivity index (χ0v) is 15.8. The van der Waals surface area contributed by atoms with E-state index in [1.165, 1.54) is 6.07 Å². The third-order valence-corrected chi connectivity index (χ3v) is 5.15. The van der Waals surface area contributed by atoms with Crippen LogP contribution in [0.25, 0.3) is 17.3 Å². The first-order chi connectivity index (χ1) is 14.2. The average Bonchev–Trinajstić information content (AvgIpc) is 3.42. The Morgan fingerprint density at radius 2 is 2.03 bits per heavy atom. The summed E-state index contributed by atoms with van der Waals surface area (Å²) in [5, 5.41) is 17.3. The largest absolute Gasteiger partial charge is 0.350 e. The molecule has 0 aliphatic carbocycles. The number of hydrogen-bond donors (Lipinski definition) is 2. The molecule has 29 heavy (non-hydrogen) atoms. The molecule has 1 aliphatic rings. The van der Waals surface area contributed by atoms with E-state index in [1.807, 2.05) is 23.1 Å². The first-order valence-corrected chi connectivity index (χ1v) is 9.49. The quantitative estimate of drug-likeness (QED) is 0.494. The van der Waals surface area contributed by atoms with Crippen molar-refractivity contribution in [3.8, 4) is 17.3 Å². The Bertz CT molecular complexity index is 1090. The number of nitrogens with zero attached hydrogens (tertiary/aromatic N) is 3. The number of hydrogen-bond acceptors (Lipinski definition) is 3. The minimum atomic E-state index is -0.223. The minimum Gasteiger partial charge on any atom is -0.350 e. The maximum Gasteiger partial charge on any atom is 0.130 e. The normalized spacial score (nSPS) is 16.3. The first-order valence-electron chi connectivity index (χ1n) is 9.49. The van der Waals surface area contributed by atoms with E-state index in [9.17, 15) is 4.39 Å². The number of likely N-dealkylation sites (tertiary alicyclic amines) is 1. The molecule has 4 rings (SSSR count). The summed E-state index contributed by atoms with van der Waals surface area (Å²) in [6.07, 6.45) is 6.94. The fourth-order valence-corrected chi connectivity index (χ4v) is 3.67. The highest BCUT2D eigenvalue weighted by molar-refractivity contribution is 5.94. The summed E-state index contributed by atoms with van der Waals surface area (Å²) in [4.78, 5) is 9.48. The van der Waals surface area contributed by atoms with Gasteiger partial charge in [-0.3, -0.25) is 5.41 Å². The molecule has 2 N–H and O–H groups in total. The molecule has 0 saturated carbocycles. The van der Waals surface area contributed by atoms with Crippen LogP contribution in [0.15, 0.2) is 60.8 Å². The van der Waals surface area contributed by atoms with Crippen molar-refractivity contribution in [3.63, 3.8) is 0 Å². The highest BCUT2D eigenvalue weighted by Gasteiger charge is 2.28. The Morgan fingerprint density at radius 3 is 2.79 bits per heavy atom. The van der Waals surface area contributed by atoms with Crippen molar-refractivity contribution in [2.24, 2.45) is 0 Å². The van der Waals surface area contributed by atoms with Gasteiger partial charge in [0, 0.05) is 12.1 Å². The Hall–Kier alpha value is -3.72. The number of nitriles is 1. The summed E-state index contributed by atoms with van der Waals surface area (Å²) < 4.78 is 14.2. The highest BCUT2D eigenvalue weighted by atomic mass is 19.1. The van der Waals surface area contributed by atoms with Crippen molar-refractivity contribution >= 4 is 11.9 Å². The van der Waals surface area contributed by atoms with E-state index in [4.69, 9.17) is 10.7 Å². The number of nitrogens with one attached hydrogen (secondary N) is 2. The van der Waals surface area contributed by atoms with Gasteiger partial charge in [0.05, 0.1) is 29.6 Å². The fraction of sp³-hybridized carbons (Fsp3) is 0.174. The van der Waals surface area contributed by atoms with Crippen LogP contribution in [0.2, 0.25) is 0 Å². The molecule has 0 bridgehead atoms. The van der Waals surface area contributed by atoms with E-state index < -0.39 is 0 Å². The number of imidazole rings is 1. The van der Waals surface area contributed by atoms with Crippen LogP contribution in [0.5, 0.6) is 0 Å². The van der Waals surface area contributed by atoms with Crippen LogP contribution in [0, 0.1) is 22.6 Å². The standard InChI is InChI=1S/C23H20FN5/c24-19-5-2-1-4-18(19)21-6-3-13-29(21)22(26)11-12-23-27-15-20(28-23)17-9-7-16(14-25)8-10-17/h1-2,4-5,7-12,15,21,26H,3,6,13H2,(H,27,28)/b12-11-,26-22?. The van der Waals surface area contributed by atoms with Gasteiger partial charge >= 0.3 is 0 Å². The van der Waals surface area contributed by atoms with Crippen LogP contribution >= 0.6 is 0 Å². The number of halogens is 1. The summed E-state index contributed by atoms with van der Waals surface area (Å²) in [6, 6.07) is 16.0. The summed E-state index contributed by atoms with van der Waals surface area (Å²) in [7, 11) is 0. The van der Waals surface area contributed by atoms with E-state index in [0.717, 1.165) is 30.6 Å². The number of aromatic amines is 1. The van der Waals surface area contributed by atoms with Crippen molar-refractivity contribution in [1.29, 1.82) is 10.7 Å². The molecular weight excluding hydrogens is 365 g/mol. The molecule has 1 saturated heterocycles. The SMILES string of the molecule is N#Cc1ccc(-c2cnc(/C=C\C(=N)N3CCCC3c3ccccc3F)[nH]2)cc1. The molecule has 1 aromatic heterocycles. The Kier molecular flexibility index (Phi) is 5.21. The minimum absolute atomic E-state index is 0.112. The van der Waals surface area contributed by atoms with Crippen LogP contribution in [0.3, 0.4) is 0 Å². The predicted molar refractivity (Wildman–Crippen MR) is 111 cm³/mol. The molecule has 1 unspecified atom stereocenters. The first kappa shape index (κ1) is 18.6. The van der Waals surface area contributed by atoms with Gasteiger partial charge in [-0.25, -0.2) is 9.37 Å². The molecule has 1 atom stereocenters. The van der Waals surface area contributed by atoms with Crippen molar-refractivity contribution in [2.75, 3.05) is 6.54 Å².